The van der Waals surface area contributed by atoms with E-state index in [4.69, 9.17) is 18.6 Å². The number of carbonyl (C=O) groups is 1. The zero-order valence-electron chi connectivity index (χ0n) is 18.4. The lowest BCUT2D eigenvalue weighted by Crippen LogP contribution is -2.11. The summed E-state index contributed by atoms with van der Waals surface area (Å²) in [5.74, 6) is 0.557. The van der Waals surface area contributed by atoms with E-state index in [1.165, 1.54) is 25.0 Å². The quantitative estimate of drug-likeness (QED) is 0.382. The Hall–Kier alpha value is -3.81. The summed E-state index contributed by atoms with van der Waals surface area (Å²) in [6.07, 6.45) is 3.92. The second-order valence-corrected chi connectivity index (χ2v) is 7.20. The Balaban J connectivity index is 1.87. The Morgan fingerprint density at radius 3 is 2.41 bits per heavy atom. The van der Waals surface area contributed by atoms with Gasteiger partial charge in [-0.25, -0.2) is 4.79 Å². The van der Waals surface area contributed by atoms with Gasteiger partial charge in [0.1, 0.15) is 0 Å². The molecule has 0 aliphatic carbocycles. The molecular formula is C24H24N2O6. The number of rotatable bonds is 8. The smallest absolute Gasteiger partial charge is 0.419 e. The Labute approximate surface area is 184 Å². The van der Waals surface area contributed by atoms with Crippen LogP contribution in [0.5, 0.6) is 17.2 Å². The number of ether oxygens (including phenoxy) is 3. The van der Waals surface area contributed by atoms with Crippen molar-refractivity contribution in [3.05, 3.63) is 58.3 Å². The maximum absolute atomic E-state index is 13.5. The number of oxazole rings is 1. The predicted molar refractivity (Wildman–Crippen MR) is 120 cm³/mol. The summed E-state index contributed by atoms with van der Waals surface area (Å²) in [5, 5.41) is 1.23. The van der Waals surface area contributed by atoms with Crippen LogP contribution in [0.4, 0.5) is 0 Å². The fourth-order valence-electron chi connectivity index (χ4n) is 3.76. The van der Waals surface area contributed by atoms with Crippen LogP contribution in [-0.2, 0) is 6.54 Å². The molecule has 0 unspecified atom stereocenters. The molecule has 2 heterocycles. The van der Waals surface area contributed by atoms with Gasteiger partial charge in [0.25, 0.3) is 0 Å². The Morgan fingerprint density at radius 1 is 1.06 bits per heavy atom. The average molecular weight is 436 g/mol. The molecule has 0 aliphatic heterocycles. The minimum absolute atomic E-state index is 0.265. The molecule has 0 saturated carbocycles. The van der Waals surface area contributed by atoms with Crippen molar-refractivity contribution in [2.75, 3.05) is 20.8 Å². The van der Waals surface area contributed by atoms with Crippen LogP contribution in [-0.4, -0.2) is 36.2 Å². The summed E-state index contributed by atoms with van der Waals surface area (Å²) in [4.78, 5) is 29.9. The average Bonchev–Trinajstić information content (AvgIpc) is 3.16. The fraction of sp³-hybridized carbons (Fsp3) is 0.292. The number of hydrogen-bond acceptors (Lipinski definition) is 7. The van der Waals surface area contributed by atoms with E-state index in [-0.39, 0.29) is 5.78 Å². The highest BCUT2D eigenvalue weighted by Gasteiger charge is 2.21. The standard InChI is InChI=1S/C24H24N2O6/c1-5-9-31-23-19(29-3)10-14(11-20(23)30-4)21(27)16-12-25-13-17-15(16)7-8-18-22(17)32-24(28)26(18)6-2/h7-8,10-13H,5-6,9H2,1-4H3. The van der Waals surface area contributed by atoms with Crippen molar-refractivity contribution in [3.8, 4) is 17.2 Å². The summed E-state index contributed by atoms with van der Waals surface area (Å²) in [5.41, 5.74) is 1.82. The molecule has 4 rings (SSSR count). The van der Waals surface area contributed by atoms with Gasteiger partial charge in [0.2, 0.25) is 5.75 Å². The number of hydrogen-bond donors (Lipinski definition) is 0. The van der Waals surface area contributed by atoms with Gasteiger partial charge in [0.15, 0.2) is 22.9 Å². The Morgan fingerprint density at radius 2 is 1.78 bits per heavy atom. The first-order valence-electron chi connectivity index (χ1n) is 10.4. The van der Waals surface area contributed by atoms with Gasteiger partial charge in [-0.3, -0.25) is 14.3 Å². The van der Waals surface area contributed by atoms with Crippen LogP contribution in [0.15, 0.2) is 45.9 Å². The molecule has 0 radical (unpaired) electrons. The molecule has 0 N–H and O–H groups in total. The van der Waals surface area contributed by atoms with Gasteiger partial charge in [-0.05, 0) is 36.9 Å². The van der Waals surface area contributed by atoms with E-state index in [0.717, 1.165) is 6.42 Å². The molecule has 0 bridgehead atoms. The summed E-state index contributed by atoms with van der Waals surface area (Å²) < 4.78 is 23.7. The highest BCUT2D eigenvalue weighted by Crippen LogP contribution is 2.39. The zero-order valence-corrected chi connectivity index (χ0v) is 18.4. The van der Waals surface area contributed by atoms with E-state index in [1.807, 2.05) is 13.8 Å². The van der Waals surface area contributed by atoms with Crippen molar-refractivity contribution in [2.24, 2.45) is 0 Å². The topological polar surface area (TPSA) is 92.8 Å². The van der Waals surface area contributed by atoms with Gasteiger partial charge in [-0.1, -0.05) is 13.0 Å². The van der Waals surface area contributed by atoms with Gasteiger partial charge < -0.3 is 18.6 Å². The number of pyridine rings is 1. The third-order valence-electron chi connectivity index (χ3n) is 5.31. The highest BCUT2D eigenvalue weighted by molar-refractivity contribution is 6.19. The van der Waals surface area contributed by atoms with Crippen LogP contribution in [0.3, 0.4) is 0 Å². The van der Waals surface area contributed by atoms with Gasteiger partial charge >= 0.3 is 5.76 Å². The molecule has 166 valence electrons. The van der Waals surface area contributed by atoms with Gasteiger partial charge in [0.05, 0.1) is 26.3 Å². The van der Waals surface area contributed by atoms with Crippen molar-refractivity contribution >= 4 is 27.7 Å². The first-order chi connectivity index (χ1) is 15.5. The fourth-order valence-corrected chi connectivity index (χ4v) is 3.76. The third kappa shape index (κ3) is 3.47. The largest absolute Gasteiger partial charge is 0.493 e. The SMILES string of the molecule is CCCOc1c(OC)cc(C(=O)c2cncc3c2ccc2c3oc(=O)n2CC)cc1OC. The minimum atomic E-state index is -0.441. The molecule has 2 aromatic heterocycles. The number of aryl methyl sites for hydroxylation is 1. The molecule has 8 nitrogen and oxygen atoms in total. The third-order valence-corrected chi connectivity index (χ3v) is 5.31. The van der Waals surface area contributed by atoms with Crippen molar-refractivity contribution in [2.45, 2.75) is 26.8 Å². The van der Waals surface area contributed by atoms with E-state index in [2.05, 4.69) is 4.98 Å². The van der Waals surface area contributed by atoms with Crippen LogP contribution in [0.25, 0.3) is 21.9 Å². The number of aromatic nitrogens is 2. The molecule has 32 heavy (non-hydrogen) atoms. The van der Waals surface area contributed by atoms with Crippen molar-refractivity contribution in [1.82, 2.24) is 9.55 Å². The molecular weight excluding hydrogens is 412 g/mol. The van der Waals surface area contributed by atoms with Crippen LogP contribution in [0, 0.1) is 0 Å². The number of methoxy groups -OCH3 is 2. The van der Waals surface area contributed by atoms with Crippen molar-refractivity contribution in [3.63, 3.8) is 0 Å². The summed E-state index contributed by atoms with van der Waals surface area (Å²) in [6.45, 7) is 4.84. The van der Waals surface area contributed by atoms with E-state index in [0.29, 0.717) is 63.4 Å². The van der Waals surface area contributed by atoms with Crippen LogP contribution in [0.2, 0.25) is 0 Å². The summed E-state index contributed by atoms with van der Waals surface area (Å²) >= 11 is 0. The molecule has 0 fully saturated rings. The van der Waals surface area contributed by atoms with E-state index in [1.54, 1.807) is 30.5 Å². The highest BCUT2D eigenvalue weighted by atomic mass is 16.5. The number of ketones is 1. The molecule has 0 aliphatic rings. The summed E-state index contributed by atoms with van der Waals surface area (Å²) in [6, 6.07) is 6.84. The molecule has 0 saturated heterocycles. The number of carbonyl (C=O) groups excluding carboxylic acids is 1. The van der Waals surface area contributed by atoms with Crippen LogP contribution >= 0.6 is 0 Å². The van der Waals surface area contributed by atoms with Gasteiger partial charge in [-0.15, -0.1) is 0 Å². The molecule has 8 heteroatoms. The lowest BCUT2D eigenvalue weighted by Gasteiger charge is -2.16. The minimum Gasteiger partial charge on any atom is -0.493 e. The Kier molecular flexibility index (Phi) is 5.85. The predicted octanol–water partition coefficient (Wildman–Crippen LogP) is 4.20. The first-order valence-corrected chi connectivity index (χ1v) is 10.4. The van der Waals surface area contributed by atoms with E-state index < -0.39 is 5.76 Å². The number of benzene rings is 2. The number of fused-ring (bicyclic) bond motifs is 3. The molecule has 0 amide bonds. The van der Waals surface area contributed by atoms with Crippen molar-refractivity contribution < 1.29 is 23.4 Å². The monoisotopic (exact) mass is 436 g/mol. The lowest BCUT2D eigenvalue weighted by atomic mass is 9.98. The first kappa shape index (κ1) is 21.4. The molecule has 0 atom stereocenters. The molecule has 2 aromatic carbocycles. The second-order valence-electron chi connectivity index (χ2n) is 7.20. The summed E-state index contributed by atoms with van der Waals surface area (Å²) in [7, 11) is 3.02. The second kappa shape index (κ2) is 8.74. The van der Waals surface area contributed by atoms with E-state index >= 15 is 0 Å². The van der Waals surface area contributed by atoms with Crippen LogP contribution < -0.4 is 20.0 Å². The maximum Gasteiger partial charge on any atom is 0.419 e. The van der Waals surface area contributed by atoms with Gasteiger partial charge in [-0.2, -0.15) is 0 Å². The van der Waals surface area contributed by atoms with Gasteiger partial charge in [0, 0.05) is 35.5 Å². The zero-order chi connectivity index (χ0) is 22.8. The normalized spacial score (nSPS) is 11.1. The van der Waals surface area contributed by atoms with Crippen molar-refractivity contribution in [1.29, 1.82) is 0 Å². The van der Waals surface area contributed by atoms with Crippen LogP contribution in [0.1, 0.15) is 36.2 Å². The molecule has 4 aromatic rings. The van der Waals surface area contributed by atoms with E-state index in [9.17, 15) is 9.59 Å². The molecule has 0 spiro atoms. The maximum atomic E-state index is 13.5. The Bertz CT molecular complexity index is 1340. The lowest BCUT2D eigenvalue weighted by molar-refractivity contribution is 0.103. The number of nitrogens with zero attached hydrogens (tertiary/aromatic N) is 2.